The van der Waals surface area contributed by atoms with Crippen LogP contribution in [0.1, 0.15) is 13.8 Å². The molecule has 1 heterocycles. The first kappa shape index (κ1) is 12.2. The summed E-state index contributed by atoms with van der Waals surface area (Å²) in [4.78, 5) is 2.44. The number of nitrogens with one attached hydrogen (secondary N) is 1. The van der Waals surface area contributed by atoms with Crippen molar-refractivity contribution in [1.82, 2.24) is 5.32 Å². The quantitative estimate of drug-likeness (QED) is 0.867. The molecule has 1 fully saturated rings. The number of ether oxygens (including phenoxy) is 1. The molecule has 1 aliphatic heterocycles. The smallest absolute Gasteiger partial charge is 0.121 e. The van der Waals surface area contributed by atoms with Gasteiger partial charge in [-0.25, -0.2) is 0 Å². The van der Waals surface area contributed by atoms with E-state index in [2.05, 4.69) is 35.3 Å². The van der Waals surface area contributed by atoms with E-state index in [-0.39, 0.29) is 0 Å². The van der Waals surface area contributed by atoms with Gasteiger partial charge in [0.25, 0.3) is 0 Å². The van der Waals surface area contributed by atoms with E-state index in [0.717, 1.165) is 38.5 Å². The van der Waals surface area contributed by atoms with Gasteiger partial charge in [-0.1, -0.05) is 13.0 Å². The third-order valence-corrected chi connectivity index (χ3v) is 3.08. The first-order valence-corrected chi connectivity index (χ1v) is 6.48. The second-order valence-corrected chi connectivity index (χ2v) is 4.69. The van der Waals surface area contributed by atoms with Gasteiger partial charge in [0.05, 0.1) is 6.61 Å². The van der Waals surface area contributed by atoms with Crippen molar-refractivity contribution >= 4 is 5.69 Å². The molecule has 17 heavy (non-hydrogen) atoms. The fourth-order valence-corrected chi connectivity index (χ4v) is 2.27. The van der Waals surface area contributed by atoms with Crippen LogP contribution in [0.4, 0.5) is 5.69 Å². The van der Waals surface area contributed by atoms with E-state index < -0.39 is 0 Å². The first-order valence-electron chi connectivity index (χ1n) is 6.48. The predicted octanol–water partition coefficient (Wildman–Crippen LogP) is 2.13. The third-order valence-electron chi connectivity index (χ3n) is 3.08. The Hall–Kier alpha value is -1.22. The molecule has 2 rings (SSSR count). The maximum atomic E-state index is 5.55. The fraction of sp³-hybridized carbons (Fsp3) is 0.571. The molecule has 3 nitrogen and oxygen atoms in total. The highest BCUT2D eigenvalue weighted by Gasteiger charge is 2.14. The largest absolute Gasteiger partial charge is 0.494 e. The lowest BCUT2D eigenvalue weighted by Gasteiger charge is -2.24. The molecule has 1 aromatic rings. The van der Waals surface area contributed by atoms with Crippen molar-refractivity contribution in [2.24, 2.45) is 5.92 Å². The van der Waals surface area contributed by atoms with E-state index in [1.807, 2.05) is 13.0 Å². The highest BCUT2D eigenvalue weighted by atomic mass is 16.5. The number of rotatable bonds is 3. The topological polar surface area (TPSA) is 24.5 Å². The zero-order chi connectivity index (χ0) is 12.1. The summed E-state index contributed by atoms with van der Waals surface area (Å²) in [6, 6.07) is 8.40. The van der Waals surface area contributed by atoms with Gasteiger partial charge in [0, 0.05) is 31.4 Å². The fourth-order valence-electron chi connectivity index (χ4n) is 2.27. The molecule has 1 aliphatic rings. The maximum absolute atomic E-state index is 5.55. The lowest BCUT2D eigenvalue weighted by Crippen LogP contribution is -2.29. The van der Waals surface area contributed by atoms with Crippen LogP contribution in [0.15, 0.2) is 24.3 Å². The average molecular weight is 234 g/mol. The molecule has 0 saturated carbocycles. The van der Waals surface area contributed by atoms with E-state index >= 15 is 0 Å². The Balaban J connectivity index is 2.11. The Bertz CT molecular complexity index is 354. The summed E-state index contributed by atoms with van der Waals surface area (Å²) < 4.78 is 5.55. The summed E-state index contributed by atoms with van der Waals surface area (Å²) in [6.07, 6.45) is 0. The SMILES string of the molecule is CCOc1cccc(N2CCNCC(C)C2)c1. The van der Waals surface area contributed by atoms with Crippen LogP contribution in [0.25, 0.3) is 0 Å². The van der Waals surface area contributed by atoms with Crippen molar-refractivity contribution in [2.75, 3.05) is 37.7 Å². The van der Waals surface area contributed by atoms with E-state index in [0.29, 0.717) is 5.92 Å². The molecule has 1 atom stereocenters. The normalized spacial score (nSPS) is 21.1. The number of nitrogens with zero attached hydrogens (tertiary/aromatic N) is 1. The molecule has 0 spiro atoms. The van der Waals surface area contributed by atoms with E-state index in [1.165, 1.54) is 5.69 Å². The van der Waals surface area contributed by atoms with Crippen molar-refractivity contribution in [3.05, 3.63) is 24.3 Å². The van der Waals surface area contributed by atoms with Crippen molar-refractivity contribution < 1.29 is 4.74 Å². The van der Waals surface area contributed by atoms with Crippen LogP contribution in [0.5, 0.6) is 5.75 Å². The first-order chi connectivity index (χ1) is 8.29. The van der Waals surface area contributed by atoms with Gasteiger partial charge in [-0.3, -0.25) is 0 Å². The van der Waals surface area contributed by atoms with Crippen molar-refractivity contribution in [2.45, 2.75) is 13.8 Å². The zero-order valence-electron chi connectivity index (χ0n) is 10.8. The highest BCUT2D eigenvalue weighted by molar-refractivity contribution is 5.51. The van der Waals surface area contributed by atoms with Gasteiger partial charge in [-0.05, 0) is 31.5 Å². The molecule has 3 heteroatoms. The second-order valence-electron chi connectivity index (χ2n) is 4.69. The Morgan fingerprint density at radius 1 is 1.47 bits per heavy atom. The molecule has 94 valence electrons. The summed E-state index contributed by atoms with van der Waals surface area (Å²) in [5, 5.41) is 3.46. The third kappa shape index (κ3) is 3.37. The number of anilines is 1. The molecule has 0 amide bonds. The molecular weight excluding hydrogens is 212 g/mol. The molecule has 1 aromatic carbocycles. The van der Waals surface area contributed by atoms with Crippen LogP contribution in [-0.4, -0.2) is 32.8 Å². The van der Waals surface area contributed by atoms with Crippen LogP contribution in [0.2, 0.25) is 0 Å². The number of hydrogen-bond acceptors (Lipinski definition) is 3. The van der Waals surface area contributed by atoms with Crippen molar-refractivity contribution in [1.29, 1.82) is 0 Å². The predicted molar refractivity (Wildman–Crippen MR) is 71.9 cm³/mol. The van der Waals surface area contributed by atoms with Gasteiger partial charge in [0.15, 0.2) is 0 Å². The van der Waals surface area contributed by atoms with Gasteiger partial charge < -0.3 is 15.0 Å². The summed E-state index contributed by atoms with van der Waals surface area (Å²) >= 11 is 0. The minimum Gasteiger partial charge on any atom is -0.494 e. The van der Waals surface area contributed by atoms with E-state index in [1.54, 1.807) is 0 Å². The number of benzene rings is 1. The van der Waals surface area contributed by atoms with Crippen LogP contribution in [0.3, 0.4) is 0 Å². The Morgan fingerprint density at radius 2 is 2.35 bits per heavy atom. The summed E-state index contributed by atoms with van der Waals surface area (Å²) in [7, 11) is 0. The molecule has 0 aromatic heterocycles. The molecule has 1 N–H and O–H groups in total. The summed E-state index contributed by atoms with van der Waals surface area (Å²) in [5.74, 6) is 1.66. The van der Waals surface area contributed by atoms with E-state index in [9.17, 15) is 0 Å². The molecule has 1 unspecified atom stereocenters. The lowest BCUT2D eigenvalue weighted by atomic mass is 10.1. The summed E-state index contributed by atoms with van der Waals surface area (Å²) in [5.41, 5.74) is 1.27. The van der Waals surface area contributed by atoms with Crippen LogP contribution in [-0.2, 0) is 0 Å². The standard InChI is InChI=1S/C14H22N2O/c1-3-17-14-6-4-5-13(9-14)16-8-7-15-10-12(2)11-16/h4-6,9,12,15H,3,7-8,10-11H2,1-2H3. The maximum Gasteiger partial charge on any atom is 0.121 e. The molecule has 0 radical (unpaired) electrons. The number of hydrogen-bond donors (Lipinski definition) is 1. The summed E-state index contributed by atoms with van der Waals surface area (Å²) in [6.45, 7) is 9.39. The van der Waals surface area contributed by atoms with Crippen LogP contribution in [0, 0.1) is 5.92 Å². The lowest BCUT2D eigenvalue weighted by molar-refractivity contribution is 0.340. The monoisotopic (exact) mass is 234 g/mol. The van der Waals surface area contributed by atoms with Gasteiger partial charge >= 0.3 is 0 Å². The molecule has 0 aliphatic carbocycles. The Kier molecular flexibility index (Phi) is 4.26. The van der Waals surface area contributed by atoms with Gasteiger partial charge in [0.2, 0.25) is 0 Å². The zero-order valence-corrected chi connectivity index (χ0v) is 10.8. The molecular formula is C14H22N2O. The molecule has 1 saturated heterocycles. The van der Waals surface area contributed by atoms with Gasteiger partial charge in [-0.2, -0.15) is 0 Å². The minimum absolute atomic E-state index is 0.688. The average Bonchev–Trinajstić information content (AvgIpc) is 2.55. The second kappa shape index (κ2) is 5.92. The molecule has 0 bridgehead atoms. The van der Waals surface area contributed by atoms with Crippen LogP contribution < -0.4 is 15.0 Å². The minimum atomic E-state index is 0.688. The van der Waals surface area contributed by atoms with Crippen LogP contribution >= 0.6 is 0 Å². The van der Waals surface area contributed by atoms with Gasteiger partial charge in [-0.15, -0.1) is 0 Å². The Labute approximate surface area is 104 Å². The Morgan fingerprint density at radius 3 is 3.18 bits per heavy atom. The van der Waals surface area contributed by atoms with Crippen molar-refractivity contribution in [3.63, 3.8) is 0 Å². The van der Waals surface area contributed by atoms with Gasteiger partial charge in [0.1, 0.15) is 5.75 Å². The van der Waals surface area contributed by atoms with Crippen molar-refractivity contribution in [3.8, 4) is 5.75 Å². The highest BCUT2D eigenvalue weighted by Crippen LogP contribution is 2.22. The van der Waals surface area contributed by atoms with E-state index in [4.69, 9.17) is 4.74 Å².